The number of nitrogens with zero attached hydrogens (tertiary/aromatic N) is 1. The van der Waals surface area contributed by atoms with Crippen molar-refractivity contribution in [3.63, 3.8) is 0 Å². The summed E-state index contributed by atoms with van der Waals surface area (Å²) in [7, 11) is -3.31. The molecule has 1 aliphatic rings. The molecule has 0 aromatic carbocycles. The molecule has 4 nitrogen and oxygen atoms in total. The number of rotatable bonds is 4. The smallest absolute Gasteiger partial charge is 0.201 e. The lowest BCUT2D eigenvalue weighted by Gasteiger charge is -2.30. The quantitative estimate of drug-likeness (QED) is 0.766. The van der Waals surface area contributed by atoms with E-state index in [0.717, 1.165) is 12.8 Å². The maximum absolute atomic E-state index is 11.8. The van der Waals surface area contributed by atoms with Gasteiger partial charge in [0, 0.05) is 25.0 Å². The van der Waals surface area contributed by atoms with Gasteiger partial charge in [-0.05, 0) is 25.7 Å². The molecule has 6 heteroatoms. The molecule has 0 radical (unpaired) electrons. The molecule has 0 bridgehead atoms. The molecular weight excluding hydrogens is 236 g/mol. The second-order valence-electron chi connectivity index (χ2n) is 4.24. The summed E-state index contributed by atoms with van der Waals surface area (Å²) in [6.45, 7) is 5.37. The topological polar surface area (TPSA) is 49.4 Å². The van der Waals surface area contributed by atoms with E-state index < -0.39 is 10.2 Å². The summed E-state index contributed by atoms with van der Waals surface area (Å²) in [6, 6.07) is 0. The molecule has 15 heavy (non-hydrogen) atoms. The number of piperidine rings is 1. The third-order valence-corrected chi connectivity index (χ3v) is 4.20. The van der Waals surface area contributed by atoms with Crippen LogP contribution in [-0.4, -0.2) is 37.7 Å². The minimum atomic E-state index is -3.31. The van der Waals surface area contributed by atoms with E-state index >= 15 is 0 Å². The number of hydrogen-bond acceptors (Lipinski definition) is 2. The van der Waals surface area contributed by atoms with Crippen LogP contribution in [0.5, 0.6) is 0 Å². The fraction of sp³-hybridized carbons (Fsp3) is 1.00. The first kappa shape index (κ1) is 13.2. The Labute approximate surface area is 97.2 Å². The highest BCUT2D eigenvalue weighted by Gasteiger charge is 2.26. The van der Waals surface area contributed by atoms with E-state index in [-0.39, 0.29) is 11.9 Å². The zero-order chi connectivity index (χ0) is 11.5. The van der Waals surface area contributed by atoms with Gasteiger partial charge in [-0.3, -0.25) is 0 Å². The minimum absolute atomic E-state index is 0.179. The molecule has 2 unspecified atom stereocenters. The van der Waals surface area contributed by atoms with E-state index in [9.17, 15) is 8.42 Å². The Balaban J connectivity index is 2.52. The van der Waals surface area contributed by atoms with Crippen molar-refractivity contribution < 1.29 is 8.42 Å². The van der Waals surface area contributed by atoms with E-state index in [1.165, 1.54) is 4.31 Å². The van der Waals surface area contributed by atoms with E-state index in [1.807, 2.05) is 0 Å². The lowest BCUT2D eigenvalue weighted by atomic mass is 10.0. The largest absolute Gasteiger partial charge is 0.279 e. The van der Waals surface area contributed by atoms with Gasteiger partial charge in [-0.15, -0.1) is 11.6 Å². The Morgan fingerprint density at radius 2 is 2.27 bits per heavy atom. The molecule has 1 heterocycles. The molecule has 1 aliphatic heterocycles. The number of hydrogen-bond donors (Lipinski definition) is 1. The third kappa shape index (κ3) is 4.26. The second-order valence-corrected chi connectivity index (χ2v) is 6.74. The molecule has 0 spiro atoms. The van der Waals surface area contributed by atoms with Crippen LogP contribution in [0.2, 0.25) is 0 Å². The highest BCUT2D eigenvalue weighted by atomic mass is 35.5. The van der Waals surface area contributed by atoms with Crippen molar-refractivity contribution in [1.82, 2.24) is 9.03 Å². The van der Waals surface area contributed by atoms with Gasteiger partial charge < -0.3 is 0 Å². The van der Waals surface area contributed by atoms with Crippen LogP contribution in [-0.2, 0) is 10.2 Å². The van der Waals surface area contributed by atoms with E-state index in [4.69, 9.17) is 11.6 Å². The maximum Gasteiger partial charge on any atom is 0.279 e. The van der Waals surface area contributed by atoms with Crippen LogP contribution in [0.4, 0.5) is 0 Å². The summed E-state index contributed by atoms with van der Waals surface area (Å²) >= 11 is 5.71. The van der Waals surface area contributed by atoms with Crippen molar-refractivity contribution in [3.05, 3.63) is 0 Å². The predicted molar refractivity (Wildman–Crippen MR) is 62.2 cm³/mol. The van der Waals surface area contributed by atoms with E-state index in [2.05, 4.69) is 11.6 Å². The average Bonchev–Trinajstić information content (AvgIpc) is 2.15. The minimum Gasteiger partial charge on any atom is -0.201 e. The monoisotopic (exact) mass is 254 g/mol. The fourth-order valence-corrected chi connectivity index (χ4v) is 3.31. The zero-order valence-corrected chi connectivity index (χ0v) is 10.8. The maximum atomic E-state index is 11.8. The first-order valence-corrected chi connectivity index (χ1v) is 7.18. The van der Waals surface area contributed by atoms with Crippen LogP contribution in [0, 0.1) is 5.92 Å². The standard InChI is InChI=1S/C9H19ClN2O2S/c1-8-4-3-5-12(7-8)15(13,14)11-6-9(2)10/h8-9,11H,3-7H2,1-2H3. The molecule has 1 saturated heterocycles. The van der Waals surface area contributed by atoms with Crippen molar-refractivity contribution in [1.29, 1.82) is 0 Å². The zero-order valence-electron chi connectivity index (χ0n) is 9.24. The molecule has 2 atom stereocenters. The molecule has 90 valence electrons. The molecule has 1 fully saturated rings. The van der Waals surface area contributed by atoms with Crippen molar-refractivity contribution >= 4 is 21.8 Å². The summed E-state index contributed by atoms with van der Waals surface area (Å²) in [5.74, 6) is 0.448. The van der Waals surface area contributed by atoms with Crippen molar-refractivity contribution in [3.8, 4) is 0 Å². The van der Waals surface area contributed by atoms with Gasteiger partial charge in [0.05, 0.1) is 0 Å². The number of alkyl halides is 1. The van der Waals surface area contributed by atoms with Crippen LogP contribution < -0.4 is 4.72 Å². The van der Waals surface area contributed by atoms with Gasteiger partial charge >= 0.3 is 0 Å². The molecule has 1 N–H and O–H groups in total. The van der Waals surface area contributed by atoms with Gasteiger partial charge in [0.25, 0.3) is 10.2 Å². The first-order chi connectivity index (χ1) is 6.92. The Hall–Kier alpha value is 0.160. The van der Waals surface area contributed by atoms with Crippen LogP contribution in [0.3, 0.4) is 0 Å². The van der Waals surface area contributed by atoms with Gasteiger partial charge in [0.15, 0.2) is 0 Å². The van der Waals surface area contributed by atoms with Crippen LogP contribution in [0.15, 0.2) is 0 Å². The van der Waals surface area contributed by atoms with Crippen LogP contribution in [0.25, 0.3) is 0 Å². The number of halogens is 1. The third-order valence-electron chi connectivity index (χ3n) is 2.51. The Bertz CT molecular complexity index is 292. The Kier molecular flexibility index (Phi) is 4.83. The lowest BCUT2D eigenvalue weighted by molar-refractivity contribution is 0.278. The molecule has 0 amide bonds. The van der Waals surface area contributed by atoms with Gasteiger partial charge in [-0.2, -0.15) is 12.7 Å². The van der Waals surface area contributed by atoms with Crippen molar-refractivity contribution in [2.75, 3.05) is 19.6 Å². The second kappa shape index (κ2) is 5.48. The van der Waals surface area contributed by atoms with Crippen molar-refractivity contribution in [2.45, 2.75) is 32.1 Å². The predicted octanol–water partition coefficient (Wildman–Crippen LogP) is 1.18. The Morgan fingerprint density at radius 3 is 2.80 bits per heavy atom. The molecule has 0 aromatic rings. The van der Waals surface area contributed by atoms with Crippen molar-refractivity contribution in [2.24, 2.45) is 5.92 Å². The Morgan fingerprint density at radius 1 is 1.60 bits per heavy atom. The SMILES string of the molecule is CC(Cl)CNS(=O)(=O)N1CCCC(C)C1. The van der Waals surface area contributed by atoms with E-state index in [0.29, 0.717) is 19.0 Å². The highest BCUT2D eigenvalue weighted by molar-refractivity contribution is 7.87. The molecule has 0 saturated carbocycles. The van der Waals surface area contributed by atoms with Crippen LogP contribution in [0.1, 0.15) is 26.7 Å². The van der Waals surface area contributed by atoms with Gasteiger partial charge in [-0.25, -0.2) is 4.72 Å². The normalized spacial score (nSPS) is 26.5. The first-order valence-electron chi connectivity index (χ1n) is 5.30. The highest BCUT2D eigenvalue weighted by Crippen LogP contribution is 2.17. The summed E-state index contributed by atoms with van der Waals surface area (Å²) in [5, 5.41) is -0.179. The van der Waals surface area contributed by atoms with E-state index in [1.54, 1.807) is 6.92 Å². The summed E-state index contributed by atoms with van der Waals surface area (Å²) in [6.07, 6.45) is 2.05. The van der Waals surface area contributed by atoms with Gasteiger partial charge in [0.1, 0.15) is 0 Å². The summed E-state index contributed by atoms with van der Waals surface area (Å²) < 4.78 is 27.6. The summed E-state index contributed by atoms with van der Waals surface area (Å²) in [5.41, 5.74) is 0. The fourth-order valence-electron chi connectivity index (χ4n) is 1.68. The van der Waals surface area contributed by atoms with Crippen LogP contribution >= 0.6 is 11.6 Å². The molecule has 1 rings (SSSR count). The van der Waals surface area contributed by atoms with Gasteiger partial charge in [0.2, 0.25) is 0 Å². The number of nitrogens with one attached hydrogen (secondary N) is 1. The van der Waals surface area contributed by atoms with Gasteiger partial charge in [-0.1, -0.05) is 6.92 Å². The summed E-state index contributed by atoms with van der Waals surface area (Å²) in [4.78, 5) is 0. The molecule has 0 aromatic heterocycles. The molecule has 0 aliphatic carbocycles. The molecular formula is C9H19ClN2O2S. The average molecular weight is 255 g/mol. The lowest BCUT2D eigenvalue weighted by Crippen LogP contribution is -2.46.